The van der Waals surface area contributed by atoms with Gasteiger partial charge in [0.25, 0.3) is 0 Å². The summed E-state index contributed by atoms with van der Waals surface area (Å²) in [4.78, 5) is 0. The van der Waals surface area contributed by atoms with Gasteiger partial charge in [-0.25, -0.2) is 0 Å². The highest BCUT2D eigenvalue weighted by Gasteiger charge is 2.00. The molecule has 0 saturated heterocycles. The first-order valence-corrected chi connectivity index (χ1v) is 6.07. The summed E-state index contributed by atoms with van der Waals surface area (Å²) in [6.07, 6.45) is 1.13. The van der Waals surface area contributed by atoms with Crippen molar-refractivity contribution >= 4 is 11.6 Å². The van der Waals surface area contributed by atoms with E-state index < -0.39 is 0 Å². The van der Waals surface area contributed by atoms with E-state index in [1.165, 1.54) is 0 Å². The second-order valence-corrected chi connectivity index (χ2v) is 4.05. The van der Waals surface area contributed by atoms with Crippen LogP contribution in [0, 0.1) is 17.8 Å². The normalized spacial score (nSPS) is 11.4. The number of halogens is 1. The number of hydrogen-bond acceptors (Lipinski definition) is 1. The minimum Gasteiger partial charge on any atom is -0.493 e. The number of ether oxygens (including phenoxy) is 1. The molecular weight excluding hydrogens is 220 g/mol. The molecule has 86 valence electrons. The third kappa shape index (κ3) is 4.59. The van der Waals surface area contributed by atoms with Gasteiger partial charge in [0.2, 0.25) is 0 Å². The van der Waals surface area contributed by atoms with Crippen LogP contribution in [0.25, 0.3) is 0 Å². The van der Waals surface area contributed by atoms with Gasteiger partial charge >= 0.3 is 0 Å². The van der Waals surface area contributed by atoms with Crippen molar-refractivity contribution in [3.63, 3.8) is 0 Å². The summed E-state index contributed by atoms with van der Waals surface area (Å²) >= 11 is 5.51. The number of benzene rings is 1. The van der Waals surface area contributed by atoms with Crippen LogP contribution in [-0.4, -0.2) is 12.5 Å². The molecular formula is C14H17ClO. The minimum atomic E-state index is 0.359. The molecule has 0 radical (unpaired) electrons. The zero-order chi connectivity index (χ0) is 11.8. The Morgan fingerprint density at radius 2 is 2.25 bits per heavy atom. The Hall–Kier alpha value is -1.13. The van der Waals surface area contributed by atoms with E-state index in [1.54, 1.807) is 0 Å². The van der Waals surface area contributed by atoms with E-state index in [9.17, 15) is 0 Å². The fraction of sp³-hybridized carbons (Fsp3) is 0.429. The Labute approximate surface area is 103 Å². The first-order valence-electron chi connectivity index (χ1n) is 5.54. The number of hydrogen-bond donors (Lipinski definition) is 0. The van der Waals surface area contributed by atoms with Gasteiger partial charge in [-0.05, 0) is 24.1 Å². The van der Waals surface area contributed by atoms with Crippen LogP contribution in [0.1, 0.15) is 25.8 Å². The van der Waals surface area contributed by atoms with Crippen LogP contribution in [0.5, 0.6) is 5.75 Å². The third-order valence-corrected chi connectivity index (χ3v) is 2.50. The highest BCUT2D eigenvalue weighted by atomic mass is 35.5. The molecule has 1 aromatic rings. The molecule has 1 rings (SSSR count). The van der Waals surface area contributed by atoms with Gasteiger partial charge in [0, 0.05) is 5.56 Å². The maximum Gasteiger partial charge on any atom is 0.120 e. The molecule has 1 aromatic carbocycles. The Kier molecular flexibility index (Phi) is 5.82. The van der Waals surface area contributed by atoms with E-state index in [4.69, 9.17) is 16.3 Å². The summed E-state index contributed by atoms with van der Waals surface area (Å²) in [5.74, 6) is 7.62. The summed E-state index contributed by atoms with van der Waals surface area (Å²) in [6.45, 7) is 5.09. The van der Waals surface area contributed by atoms with Crippen molar-refractivity contribution < 1.29 is 4.74 Å². The molecule has 2 heteroatoms. The number of alkyl halides is 1. The van der Waals surface area contributed by atoms with Crippen molar-refractivity contribution in [1.82, 2.24) is 0 Å². The molecule has 1 unspecified atom stereocenters. The second kappa shape index (κ2) is 7.19. The SMILES string of the molecule is CCC(C)COc1cccc(C#CCCl)c1. The topological polar surface area (TPSA) is 9.23 Å². The number of rotatable bonds is 4. The van der Waals surface area contributed by atoms with E-state index in [2.05, 4.69) is 25.7 Å². The molecule has 0 heterocycles. The lowest BCUT2D eigenvalue weighted by atomic mass is 10.1. The molecule has 1 nitrogen and oxygen atoms in total. The highest BCUT2D eigenvalue weighted by Crippen LogP contribution is 2.14. The van der Waals surface area contributed by atoms with Gasteiger partial charge in [0.15, 0.2) is 0 Å². The molecule has 0 aromatic heterocycles. The van der Waals surface area contributed by atoms with E-state index >= 15 is 0 Å². The lowest BCUT2D eigenvalue weighted by Gasteiger charge is -2.10. The molecule has 0 fully saturated rings. The molecule has 0 spiro atoms. The van der Waals surface area contributed by atoms with Gasteiger partial charge in [-0.3, -0.25) is 0 Å². The average Bonchev–Trinajstić information content (AvgIpc) is 2.34. The molecule has 0 aliphatic rings. The molecule has 0 saturated carbocycles. The third-order valence-electron chi connectivity index (χ3n) is 2.37. The highest BCUT2D eigenvalue weighted by molar-refractivity contribution is 6.19. The first kappa shape index (κ1) is 12.9. The summed E-state index contributed by atoms with van der Waals surface area (Å²) in [7, 11) is 0. The lowest BCUT2D eigenvalue weighted by molar-refractivity contribution is 0.256. The van der Waals surface area contributed by atoms with Crippen LogP contribution in [0.3, 0.4) is 0 Å². The molecule has 0 bridgehead atoms. The Balaban J connectivity index is 2.60. The monoisotopic (exact) mass is 236 g/mol. The predicted molar refractivity (Wildman–Crippen MR) is 69.0 cm³/mol. The maximum absolute atomic E-state index is 5.68. The quantitative estimate of drug-likeness (QED) is 0.572. The van der Waals surface area contributed by atoms with Crippen molar-refractivity contribution in [1.29, 1.82) is 0 Å². The van der Waals surface area contributed by atoms with Gasteiger partial charge in [-0.1, -0.05) is 38.2 Å². The Bertz CT molecular complexity index is 376. The van der Waals surface area contributed by atoms with Crippen molar-refractivity contribution in [2.45, 2.75) is 20.3 Å². The van der Waals surface area contributed by atoms with Gasteiger partial charge in [-0.15, -0.1) is 11.6 Å². The van der Waals surface area contributed by atoms with Crippen molar-refractivity contribution in [3.05, 3.63) is 29.8 Å². The van der Waals surface area contributed by atoms with Crippen LogP contribution in [-0.2, 0) is 0 Å². The van der Waals surface area contributed by atoms with Crippen LogP contribution in [0.4, 0.5) is 0 Å². The smallest absolute Gasteiger partial charge is 0.120 e. The van der Waals surface area contributed by atoms with E-state index in [0.29, 0.717) is 11.8 Å². The second-order valence-electron chi connectivity index (χ2n) is 3.79. The molecule has 0 amide bonds. The van der Waals surface area contributed by atoms with Crippen molar-refractivity contribution in [2.75, 3.05) is 12.5 Å². The summed E-state index contributed by atoms with van der Waals surface area (Å²) in [6, 6.07) is 7.80. The summed E-state index contributed by atoms with van der Waals surface area (Å²) in [5, 5.41) is 0. The van der Waals surface area contributed by atoms with E-state index in [1.807, 2.05) is 24.3 Å². The van der Waals surface area contributed by atoms with Crippen LogP contribution in [0.2, 0.25) is 0 Å². The van der Waals surface area contributed by atoms with Gasteiger partial charge in [0.1, 0.15) is 5.75 Å². The molecule has 0 N–H and O–H groups in total. The zero-order valence-corrected chi connectivity index (χ0v) is 10.6. The Morgan fingerprint density at radius 1 is 1.44 bits per heavy atom. The van der Waals surface area contributed by atoms with Crippen molar-refractivity contribution in [3.8, 4) is 17.6 Å². The maximum atomic E-state index is 5.68. The summed E-state index contributed by atoms with van der Waals surface area (Å²) < 4.78 is 5.68. The predicted octanol–water partition coefficient (Wildman–Crippen LogP) is 3.70. The van der Waals surface area contributed by atoms with Crippen molar-refractivity contribution in [2.24, 2.45) is 5.92 Å². The largest absolute Gasteiger partial charge is 0.493 e. The summed E-state index contributed by atoms with van der Waals surface area (Å²) in [5.41, 5.74) is 0.947. The first-order chi connectivity index (χ1) is 7.76. The van der Waals surface area contributed by atoms with E-state index in [0.717, 1.165) is 24.3 Å². The van der Waals surface area contributed by atoms with Gasteiger partial charge < -0.3 is 4.74 Å². The molecule has 1 atom stereocenters. The zero-order valence-electron chi connectivity index (χ0n) is 9.79. The van der Waals surface area contributed by atoms with Gasteiger partial charge in [-0.2, -0.15) is 0 Å². The fourth-order valence-electron chi connectivity index (χ4n) is 1.16. The molecule has 16 heavy (non-hydrogen) atoms. The molecule has 0 aliphatic carbocycles. The van der Waals surface area contributed by atoms with Crippen LogP contribution in [0.15, 0.2) is 24.3 Å². The standard InChI is InChI=1S/C14H17ClO/c1-3-12(2)11-16-14-8-4-6-13(10-14)7-5-9-15/h4,6,8,10,12H,3,9,11H2,1-2H3. The minimum absolute atomic E-state index is 0.359. The van der Waals surface area contributed by atoms with Gasteiger partial charge in [0.05, 0.1) is 12.5 Å². The lowest BCUT2D eigenvalue weighted by Crippen LogP contribution is -2.07. The van der Waals surface area contributed by atoms with Crippen LogP contribution < -0.4 is 4.74 Å². The Morgan fingerprint density at radius 3 is 2.94 bits per heavy atom. The average molecular weight is 237 g/mol. The fourth-order valence-corrected chi connectivity index (χ4v) is 1.22. The van der Waals surface area contributed by atoms with E-state index in [-0.39, 0.29) is 0 Å². The molecule has 0 aliphatic heterocycles. The van der Waals surface area contributed by atoms with Crippen LogP contribution >= 0.6 is 11.6 Å².